The highest BCUT2D eigenvalue weighted by Crippen LogP contribution is 2.47. The lowest BCUT2D eigenvalue weighted by molar-refractivity contribution is 0.402. The van der Waals surface area contributed by atoms with Crippen LogP contribution in [0.3, 0.4) is 0 Å². The Morgan fingerprint density at radius 2 is 1.46 bits per heavy atom. The van der Waals surface area contributed by atoms with Gasteiger partial charge in [0.05, 0.1) is 17.1 Å². The molecule has 0 radical (unpaired) electrons. The van der Waals surface area contributed by atoms with Crippen LogP contribution in [0.4, 0.5) is 11.4 Å². The van der Waals surface area contributed by atoms with Gasteiger partial charge < -0.3 is 9.80 Å². The lowest BCUT2D eigenvalue weighted by atomic mass is 10.2. The van der Waals surface area contributed by atoms with Gasteiger partial charge in [0.2, 0.25) is 0 Å². The third-order valence-corrected chi connectivity index (χ3v) is 5.74. The second-order valence-electron chi connectivity index (χ2n) is 6.22. The molecule has 0 fully saturated rings. The number of para-hydroxylation sites is 2. The molecule has 0 aromatic heterocycles. The minimum Gasteiger partial charge on any atom is -0.340 e. The van der Waals surface area contributed by atoms with Crippen molar-refractivity contribution in [2.24, 2.45) is 0 Å². The zero-order chi connectivity index (χ0) is 19.2. The summed E-state index contributed by atoms with van der Waals surface area (Å²) in [6, 6.07) is 17.4. The van der Waals surface area contributed by atoms with Gasteiger partial charge in [0.1, 0.15) is 0 Å². The van der Waals surface area contributed by atoms with E-state index in [4.69, 9.17) is 4.55 Å². The average molecular weight is 395 g/mol. The zero-order valence-corrected chi connectivity index (χ0v) is 17.1. The Bertz CT molecular complexity index is 778. The molecule has 142 valence electrons. The van der Waals surface area contributed by atoms with Crippen LogP contribution in [0.2, 0.25) is 0 Å². The van der Waals surface area contributed by atoms with E-state index in [1.165, 1.54) is 34.5 Å². The van der Waals surface area contributed by atoms with Gasteiger partial charge >= 0.3 is 0 Å². The van der Waals surface area contributed by atoms with Crippen LogP contribution in [-0.2, 0) is 10.1 Å². The maximum absolute atomic E-state index is 9.56. The first-order valence-corrected chi connectivity index (χ1v) is 11.0. The molecule has 2 aromatic rings. The van der Waals surface area contributed by atoms with Gasteiger partial charge in [-0.2, -0.15) is 8.42 Å². The molecule has 2 aromatic carbocycles. The Labute approximate surface area is 160 Å². The summed E-state index contributed by atoms with van der Waals surface area (Å²) in [5.41, 5.74) is 2.69. The van der Waals surface area contributed by atoms with Crippen LogP contribution in [0.15, 0.2) is 58.3 Å². The van der Waals surface area contributed by atoms with Crippen molar-refractivity contribution >= 4 is 33.3 Å². The van der Waals surface area contributed by atoms with Crippen LogP contribution < -0.4 is 4.90 Å². The molecule has 5 nitrogen and oxygen atoms in total. The quantitative estimate of drug-likeness (QED) is 0.769. The molecule has 0 saturated carbocycles. The maximum Gasteiger partial charge on any atom is 0.264 e. The van der Waals surface area contributed by atoms with Gasteiger partial charge in [0, 0.05) is 16.3 Å². The van der Waals surface area contributed by atoms with Crippen LogP contribution >= 0.6 is 11.8 Å². The molecule has 0 aliphatic carbocycles. The number of rotatable bonds is 5. The van der Waals surface area contributed by atoms with E-state index in [-0.39, 0.29) is 5.75 Å². The molecule has 3 rings (SSSR count). The fraction of sp³-hybridized carbons (Fsp3) is 0.368. The Hall–Kier alpha value is -1.54. The smallest absolute Gasteiger partial charge is 0.264 e. The molecule has 7 heteroatoms. The molecule has 26 heavy (non-hydrogen) atoms. The summed E-state index contributed by atoms with van der Waals surface area (Å²) in [6.07, 6.45) is 1.17. The fourth-order valence-corrected chi connectivity index (χ4v) is 3.66. The Kier molecular flexibility index (Phi) is 7.52. The van der Waals surface area contributed by atoms with Gasteiger partial charge in [-0.15, -0.1) is 0 Å². The van der Waals surface area contributed by atoms with Crippen molar-refractivity contribution < 1.29 is 13.0 Å². The van der Waals surface area contributed by atoms with Crippen molar-refractivity contribution in [3.63, 3.8) is 0 Å². The standard InChI is InChI=1S/C17H20N2S.C2H6O3S/c1-18(2)12-7-13-19-14-8-3-5-10-16(14)20-17-11-6-4-9-15(17)19;1-2-6(3,4)5/h3-6,8-11H,7,12-13H2,1-2H3;2H2,1H3,(H,3,4,5). The van der Waals surface area contributed by atoms with Crippen molar-refractivity contribution in [1.82, 2.24) is 4.90 Å². The van der Waals surface area contributed by atoms with Gasteiger partial charge in [0.15, 0.2) is 0 Å². The highest BCUT2D eigenvalue weighted by molar-refractivity contribution is 7.99. The summed E-state index contributed by atoms with van der Waals surface area (Å²) in [5.74, 6) is -0.201. The zero-order valence-electron chi connectivity index (χ0n) is 15.4. The minimum absolute atomic E-state index is 0.201. The second kappa shape index (κ2) is 9.41. The van der Waals surface area contributed by atoms with Crippen LogP contribution in [0, 0.1) is 0 Å². The van der Waals surface area contributed by atoms with E-state index in [2.05, 4.69) is 72.4 Å². The number of nitrogens with zero attached hydrogens (tertiary/aromatic N) is 2. The predicted molar refractivity (Wildman–Crippen MR) is 109 cm³/mol. The number of hydrogen-bond donors (Lipinski definition) is 1. The van der Waals surface area contributed by atoms with E-state index >= 15 is 0 Å². The van der Waals surface area contributed by atoms with Crippen molar-refractivity contribution in [2.45, 2.75) is 23.1 Å². The normalized spacial score (nSPS) is 12.9. The molecule has 0 bridgehead atoms. The van der Waals surface area contributed by atoms with Gasteiger partial charge in [-0.25, -0.2) is 0 Å². The maximum atomic E-state index is 9.56. The Morgan fingerprint density at radius 3 is 1.88 bits per heavy atom. The van der Waals surface area contributed by atoms with E-state index in [1.807, 2.05) is 11.8 Å². The largest absolute Gasteiger partial charge is 0.340 e. The average Bonchev–Trinajstić information content (AvgIpc) is 2.61. The number of anilines is 2. The SMILES string of the molecule is CCS(=O)(=O)O.CN(C)CCCN1c2ccccc2Sc2ccccc21. The molecule has 0 atom stereocenters. The van der Waals surface area contributed by atoms with Crippen LogP contribution in [0.1, 0.15) is 13.3 Å². The van der Waals surface area contributed by atoms with Crippen molar-refractivity contribution in [3.8, 4) is 0 Å². The second-order valence-corrected chi connectivity index (χ2v) is 9.04. The first-order valence-electron chi connectivity index (χ1n) is 8.55. The van der Waals surface area contributed by atoms with E-state index in [9.17, 15) is 8.42 Å². The summed E-state index contributed by atoms with van der Waals surface area (Å²) >= 11 is 1.87. The number of benzene rings is 2. The van der Waals surface area contributed by atoms with Crippen LogP contribution in [0.25, 0.3) is 0 Å². The van der Waals surface area contributed by atoms with E-state index in [0.29, 0.717) is 0 Å². The molecule has 1 aliphatic heterocycles. The first kappa shape index (κ1) is 20.8. The van der Waals surface area contributed by atoms with Gasteiger partial charge in [0.25, 0.3) is 10.1 Å². The Balaban J connectivity index is 0.000000352. The van der Waals surface area contributed by atoms with E-state index in [0.717, 1.165) is 13.1 Å². The van der Waals surface area contributed by atoms with Crippen molar-refractivity contribution in [2.75, 3.05) is 37.8 Å². The van der Waals surface area contributed by atoms with Crippen molar-refractivity contribution in [3.05, 3.63) is 48.5 Å². The highest BCUT2D eigenvalue weighted by Gasteiger charge is 2.22. The molecular weight excluding hydrogens is 368 g/mol. The summed E-state index contributed by atoms with van der Waals surface area (Å²) < 4.78 is 26.9. The molecule has 1 aliphatic rings. The molecule has 1 heterocycles. The molecule has 0 saturated heterocycles. The van der Waals surface area contributed by atoms with Gasteiger partial charge in [-0.3, -0.25) is 4.55 Å². The summed E-state index contributed by atoms with van der Waals surface area (Å²) in [5, 5.41) is 0. The summed E-state index contributed by atoms with van der Waals surface area (Å²) in [7, 11) is 0.604. The van der Waals surface area contributed by atoms with Crippen LogP contribution in [0.5, 0.6) is 0 Å². The van der Waals surface area contributed by atoms with Gasteiger partial charge in [-0.05, 0) is 58.3 Å². The minimum atomic E-state index is -3.66. The number of fused-ring (bicyclic) bond motifs is 2. The van der Waals surface area contributed by atoms with E-state index in [1.54, 1.807) is 0 Å². The molecule has 0 unspecified atom stereocenters. The fourth-order valence-electron chi connectivity index (χ4n) is 2.57. The third-order valence-electron chi connectivity index (χ3n) is 3.88. The molecule has 0 amide bonds. The third kappa shape index (κ3) is 6.02. The first-order chi connectivity index (χ1) is 12.3. The number of hydrogen-bond acceptors (Lipinski definition) is 5. The molecular formula is C19H26N2O3S2. The molecule has 1 N–H and O–H groups in total. The van der Waals surface area contributed by atoms with Crippen molar-refractivity contribution in [1.29, 1.82) is 0 Å². The lowest BCUT2D eigenvalue weighted by Crippen LogP contribution is -2.25. The van der Waals surface area contributed by atoms with Crippen LogP contribution in [-0.4, -0.2) is 50.8 Å². The topological polar surface area (TPSA) is 60.9 Å². The molecule has 0 spiro atoms. The predicted octanol–water partition coefficient (Wildman–Crippen LogP) is 4.14. The summed E-state index contributed by atoms with van der Waals surface area (Å²) in [6.45, 7) is 3.55. The lowest BCUT2D eigenvalue weighted by Gasteiger charge is -2.33. The highest BCUT2D eigenvalue weighted by atomic mass is 32.2. The van der Waals surface area contributed by atoms with Gasteiger partial charge in [-0.1, -0.05) is 36.0 Å². The monoisotopic (exact) mass is 394 g/mol. The summed E-state index contributed by atoms with van der Waals surface area (Å²) in [4.78, 5) is 7.42. The Morgan fingerprint density at radius 1 is 1.00 bits per heavy atom. The van der Waals surface area contributed by atoms with E-state index < -0.39 is 10.1 Å².